The van der Waals surface area contributed by atoms with Gasteiger partial charge in [0.25, 0.3) is 0 Å². The first-order chi connectivity index (χ1) is 9.31. The van der Waals surface area contributed by atoms with Crippen molar-refractivity contribution < 1.29 is 4.74 Å². The summed E-state index contributed by atoms with van der Waals surface area (Å²) in [5, 5.41) is 0. The third-order valence-electron chi connectivity index (χ3n) is 5.61. The van der Waals surface area contributed by atoms with Crippen LogP contribution in [0.5, 0.6) is 0 Å². The van der Waals surface area contributed by atoms with E-state index in [0.717, 1.165) is 25.0 Å². The Labute approximate surface area is 117 Å². The van der Waals surface area contributed by atoms with Crippen molar-refractivity contribution in [2.75, 3.05) is 46.4 Å². The first kappa shape index (κ1) is 13.8. The van der Waals surface area contributed by atoms with Crippen LogP contribution >= 0.6 is 0 Å². The zero-order chi connectivity index (χ0) is 13.2. The second kappa shape index (κ2) is 6.08. The predicted molar refractivity (Wildman–Crippen MR) is 77.1 cm³/mol. The highest BCUT2D eigenvalue weighted by molar-refractivity contribution is 4.95. The lowest BCUT2D eigenvalue weighted by atomic mass is 9.75. The molecule has 4 heterocycles. The summed E-state index contributed by atoms with van der Waals surface area (Å²) in [5.74, 6) is 1.79. The minimum absolute atomic E-state index is 0.670. The van der Waals surface area contributed by atoms with E-state index in [1.165, 1.54) is 51.9 Å². The Balaban J connectivity index is 1.56. The number of hydrogen-bond acceptors (Lipinski definition) is 4. The molecule has 0 saturated carbocycles. The molecule has 4 aliphatic rings. The molecule has 0 aromatic carbocycles. The van der Waals surface area contributed by atoms with Gasteiger partial charge in [-0.2, -0.15) is 0 Å². The molecule has 4 nitrogen and oxygen atoms in total. The summed E-state index contributed by atoms with van der Waals surface area (Å²) in [6.45, 7) is 6.88. The molecule has 19 heavy (non-hydrogen) atoms. The molecule has 0 aromatic heterocycles. The number of methoxy groups -OCH3 is 1. The predicted octanol–water partition coefficient (Wildman–Crippen LogP) is 0.766. The smallest absolute Gasteiger partial charge is 0.0618 e. The number of rotatable bonds is 5. The quantitative estimate of drug-likeness (QED) is 0.799. The van der Waals surface area contributed by atoms with Crippen molar-refractivity contribution in [3.8, 4) is 0 Å². The first-order valence-corrected chi connectivity index (χ1v) is 7.99. The molecule has 0 radical (unpaired) electrons. The lowest BCUT2D eigenvalue weighted by molar-refractivity contribution is -0.0145. The van der Waals surface area contributed by atoms with Gasteiger partial charge in [0.15, 0.2) is 0 Å². The summed E-state index contributed by atoms with van der Waals surface area (Å²) in [7, 11) is 1.83. The number of nitrogens with zero attached hydrogens (tertiary/aromatic N) is 2. The molecule has 0 aliphatic carbocycles. The van der Waals surface area contributed by atoms with Crippen LogP contribution in [0, 0.1) is 11.8 Å². The molecule has 4 heteroatoms. The molecule has 0 amide bonds. The number of likely N-dealkylation sites (tertiary alicyclic amines) is 1. The fourth-order valence-corrected chi connectivity index (χ4v) is 4.52. The standard InChI is InChI=1S/C15H29N3O/c1-19-11-14-3-2-5-17(14)9-13-10-18-6-4-12(13)7-15(18)8-16/h12-15H,2-11,16H2,1H3/t12-,13-,14+,15+/m0/s1. The molecule has 2 N–H and O–H groups in total. The van der Waals surface area contributed by atoms with E-state index in [1.807, 2.05) is 7.11 Å². The van der Waals surface area contributed by atoms with Gasteiger partial charge in [-0.3, -0.25) is 9.80 Å². The van der Waals surface area contributed by atoms with Crippen LogP contribution in [0.3, 0.4) is 0 Å². The van der Waals surface area contributed by atoms with Crippen molar-refractivity contribution in [2.45, 2.75) is 37.8 Å². The molecule has 4 fully saturated rings. The fraction of sp³-hybridized carbons (Fsp3) is 1.00. The Kier molecular flexibility index (Phi) is 4.42. The van der Waals surface area contributed by atoms with E-state index in [0.29, 0.717) is 12.1 Å². The van der Waals surface area contributed by atoms with Crippen LogP contribution in [0.15, 0.2) is 0 Å². The second-order valence-electron chi connectivity index (χ2n) is 6.68. The Morgan fingerprint density at radius 1 is 1.21 bits per heavy atom. The van der Waals surface area contributed by atoms with Gasteiger partial charge in [-0.25, -0.2) is 0 Å². The summed E-state index contributed by atoms with van der Waals surface area (Å²) in [5.41, 5.74) is 5.89. The maximum absolute atomic E-state index is 5.89. The van der Waals surface area contributed by atoms with Crippen molar-refractivity contribution in [3.63, 3.8) is 0 Å². The highest BCUT2D eigenvalue weighted by Crippen LogP contribution is 2.37. The highest BCUT2D eigenvalue weighted by atomic mass is 16.5. The molecule has 1 unspecified atom stereocenters. The minimum Gasteiger partial charge on any atom is -0.383 e. The van der Waals surface area contributed by atoms with E-state index in [2.05, 4.69) is 9.80 Å². The molecule has 2 bridgehead atoms. The molecular formula is C15H29N3O. The third-order valence-corrected chi connectivity index (χ3v) is 5.61. The lowest BCUT2D eigenvalue weighted by Gasteiger charge is -2.50. The minimum atomic E-state index is 0.670. The van der Waals surface area contributed by atoms with Gasteiger partial charge < -0.3 is 10.5 Å². The van der Waals surface area contributed by atoms with Crippen molar-refractivity contribution in [3.05, 3.63) is 0 Å². The van der Waals surface area contributed by atoms with E-state index >= 15 is 0 Å². The number of hydrogen-bond donors (Lipinski definition) is 1. The summed E-state index contributed by atoms with van der Waals surface area (Å²) >= 11 is 0. The van der Waals surface area contributed by atoms with Crippen LogP contribution in [0.4, 0.5) is 0 Å². The Bertz CT molecular complexity index is 299. The van der Waals surface area contributed by atoms with Crippen LogP contribution in [0.1, 0.15) is 25.7 Å². The second-order valence-corrected chi connectivity index (χ2v) is 6.68. The van der Waals surface area contributed by atoms with Gasteiger partial charge in [0.05, 0.1) is 6.61 Å². The molecule has 4 rings (SSSR count). The molecular weight excluding hydrogens is 238 g/mol. The largest absolute Gasteiger partial charge is 0.383 e. The fourth-order valence-electron chi connectivity index (χ4n) is 4.52. The van der Waals surface area contributed by atoms with Crippen molar-refractivity contribution in [1.29, 1.82) is 0 Å². The number of fused-ring (bicyclic) bond motifs is 3. The van der Waals surface area contributed by atoms with Gasteiger partial charge in [-0.05, 0) is 50.6 Å². The Morgan fingerprint density at radius 3 is 2.79 bits per heavy atom. The van der Waals surface area contributed by atoms with Crippen molar-refractivity contribution >= 4 is 0 Å². The van der Waals surface area contributed by atoms with Crippen LogP contribution in [-0.2, 0) is 4.74 Å². The molecule has 4 saturated heterocycles. The summed E-state index contributed by atoms with van der Waals surface area (Å²) in [4.78, 5) is 5.33. The highest BCUT2D eigenvalue weighted by Gasteiger charge is 2.40. The number of piperidine rings is 3. The van der Waals surface area contributed by atoms with Gasteiger partial charge in [0, 0.05) is 38.8 Å². The molecule has 0 aromatic rings. The van der Waals surface area contributed by atoms with Crippen molar-refractivity contribution in [2.24, 2.45) is 17.6 Å². The zero-order valence-electron chi connectivity index (χ0n) is 12.3. The van der Waals surface area contributed by atoms with E-state index < -0.39 is 0 Å². The normalized spacial score (nSPS) is 42.9. The summed E-state index contributed by atoms with van der Waals surface area (Å²) in [6, 6.07) is 1.34. The van der Waals surface area contributed by atoms with Crippen LogP contribution in [0.25, 0.3) is 0 Å². The van der Waals surface area contributed by atoms with Gasteiger partial charge in [0.2, 0.25) is 0 Å². The summed E-state index contributed by atoms with van der Waals surface area (Å²) in [6.07, 6.45) is 5.40. The number of ether oxygens (including phenoxy) is 1. The average molecular weight is 267 g/mol. The van der Waals surface area contributed by atoms with Crippen LogP contribution < -0.4 is 5.73 Å². The maximum Gasteiger partial charge on any atom is 0.0618 e. The third kappa shape index (κ3) is 2.82. The monoisotopic (exact) mass is 267 g/mol. The lowest BCUT2D eigenvalue weighted by Crippen LogP contribution is -2.58. The average Bonchev–Trinajstić information content (AvgIpc) is 2.87. The SMILES string of the molecule is COC[C@H]1CCCN1C[C@H]1CN2CC[C@H]1C[C@@H]2CN. The first-order valence-electron chi connectivity index (χ1n) is 7.99. The summed E-state index contributed by atoms with van der Waals surface area (Å²) < 4.78 is 5.37. The van der Waals surface area contributed by atoms with Gasteiger partial charge in [-0.1, -0.05) is 0 Å². The van der Waals surface area contributed by atoms with E-state index in [-0.39, 0.29) is 0 Å². The van der Waals surface area contributed by atoms with Crippen LogP contribution in [0.2, 0.25) is 0 Å². The molecule has 4 aliphatic heterocycles. The zero-order valence-corrected chi connectivity index (χ0v) is 12.3. The Morgan fingerprint density at radius 2 is 2.11 bits per heavy atom. The molecule has 110 valence electrons. The van der Waals surface area contributed by atoms with Gasteiger partial charge >= 0.3 is 0 Å². The van der Waals surface area contributed by atoms with E-state index in [9.17, 15) is 0 Å². The van der Waals surface area contributed by atoms with Gasteiger partial charge in [0.1, 0.15) is 0 Å². The topological polar surface area (TPSA) is 41.7 Å². The molecule has 0 spiro atoms. The van der Waals surface area contributed by atoms with Crippen LogP contribution in [-0.4, -0.2) is 68.3 Å². The van der Waals surface area contributed by atoms with E-state index in [1.54, 1.807) is 0 Å². The number of nitrogens with two attached hydrogens (primary N) is 1. The van der Waals surface area contributed by atoms with Crippen molar-refractivity contribution in [1.82, 2.24) is 9.80 Å². The maximum atomic E-state index is 5.89. The molecule has 5 atom stereocenters. The Hall–Kier alpha value is -0.160. The van der Waals surface area contributed by atoms with E-state index in [4.69, 9.17) is 10.5 Å². The van der Waals surface area contributed by atoms with Gasteiger partial charge in [-0.15, -0.1) is 0 Å².